The molecule has 2 aliphatic rings. The molecule has 1 aromatic rings. The van der Waals surface area contributed by atoms with Crippen molar-refractivity contribution in [3.63, 3.8) is 0 Å². The van der Waals surface area contributed by atoms with Crippen LogP contribution in [0.5, 0.6) is 0 Å². The van der Waals surface area contributed by atoms with Gasteiger partial charge in [0, 0.05) is 31.6 Å². The summed E-state index contributed by atoms with van der Waals surface area (Å²) < 4.78 is 11.4. The lowest BCUT2D eigenvalue weighted by atomic mass is 10.0. The van der Waals surface area contributed by atoms with Crippen molar-refractivity contribution in [3.8, 4) is 0 Å². The van der Waals surface area contributed by atoms with E-state index in [0.717, 1.165) is 29.7 Å². The predicted octanol–water partition coefficient (Wildman–Crippen LogP) is 2.08. The Kier molecular flexibility index (Phi) is 4.36. The van der Waals surface area contributed by atoms with Crippen LogP contribution in [0, 0.1) is 13.8 Å². The average molecular weight is 304 g/mol. The summed E-state index contributed by atoms with van der Waals surface area (Å²) in [6.07, 6.45) is 1.53. The molecule has 1 amide bonds. The second kappa shape index (κ2) is 6.26. The van der Waals surface area contributed by atoms with Gasteiger partial charge in [-0.05, 0) is 25.0 Å². The topological polar surface area (TPSA) is 50.8 Å². The zero-order valence-electron chi connectivity index (χ0n) is 13.4. The summed E-state index contributed by atoms with van der Waals surface area (Å²) in [6, 6.07) is 6.14. The van der Waals surface area contributed by atoms with E-state index in [-0.39, 0.29) is 5.91 Å². The summed E-state index contributed by atoms with van der Waals surface area (Å²) in [5.41, 5.74) is 3.39. The van der Waals surface area contributed by atoms with E-state index in [0.29, 0.717) is 32.8 Å². The minimum absolute atomic E-state index is 0.135. The minimum atomic E-state index is -0.420. The zero-order chi connectivity index (χ0) is 15.6. The summed E-state index contributed by atoms with van der Waals surface area (Å²) in [7, 11) is 0. The molecule has 0 unspecified atom stereocenters. The van der Waals surface area contributed by atoms with Crippen molar-refractivity contribution in [1.29, 1.82) is 0 Å². The van der Waals surface area contributed by atoms with E-state index in [4.69, 9.17) is 9.47 Å². The van der Waals surface area contributed by atoms with Gasteiger partial charge in [0.25, 0.3) is 0 Å². The van der Waals surface area contributed by atoms with Gasteiger partial charge in [-0.2, -0.15) is 0 Å². The van der Waals surface area contributed by atoms with Crippen molar-refractivity contribution < 1.29 is 14.3 Å². The summed E-state index contributed by atoms with van der Waals surface area (Å²) in [5, 5.41) is 3.29. The first-order chi connectivity index (χ1) is 10.6. The zero-order valence-corrected chi connectivity index (χ0v) is 13.4. The fraction of sp³-hybridized carbons (Fsp3) is 0.588. The van der Waals surface area contributed by atoms with E-state index in [2.05, 4.69) is 31.3 Å². The van der Waals surface area contributed by atoms with Crippen LogP contribution in [-0.4, -0.2) is 49.4 Å². The molecular formula is C17H24N2O3. The number of amides is 1. The molecule has 0 radical (unpaired) electrons. The van der Waals surface area contributed by atoms with Crippen molar-refractivity contribution in [2.75, 3.05) is 38.2 Å². The highest BCUT2D eigenvalue weighted by Crippen LogP contribution is 2.31. The predicted molar refractivity (Wildman–Crippen MR) is 84.9 cm³/mol. The maximum atomic E-state index is 12.4. The van der Waals surface area contributed by atoms with E-state index < -0.39 is 5.79 Å². The lowest BCUT2D eigenvalue weighted by Gasteiger charge is -2.37. The van der Waals surface area contributed by atoms with Crippen molar-refractivity contribution in [3.05, 3.63) is 29.3 Å². The van der Waals surface area contributed by atoms with Crippen molar-refractivity contribution >= 4 is 11.6 Å². The molecule has 5 nitrogen and oxygen atoms in total. The molecule has 2 fully saturated rings. The second-order valence-corrected chi connectivity index (χ2v) is 6.11. The number of aryl methyl sites for hydroxylation is 2. The number of nitrogens with one attached hydrogen (secondary N) is 1. The number of ether oxygens (including phenoxy) is 2. The normalized spacial score (nSPS) is 20.4. The van der Waals surface area contributed by atoms with Crippen LogP contribution < -0.4 is 5.32 Å². The summed E-state index contributed by atoms with van der Waals surface area (Å²) in [5.74, 6) is -0.285. The number of rotatable bonds is 3. The van der Waals surface area contributed by atoms with Crippen LogP contribution >= 0.6 is 0 Å². The third kappa shape index (κ3) is 3.10. The Morgan fingerprint density at radius 1 is 1.18 bits per heavy atom. The molecular weight excluding hydrogens is 280 g/mol. The number of piperidine rings is 1. The average Bonchev–Trinajstić information content (AvgIpc) is 2.95. The molecule has 0 bridgehead atoms. The monoisotopic (exact) mass is 304 g/mol. The molecule has 2 saturated heterocycles. The first kappa shape index (κ1) is 15.3. The van der Waals surface area contributed by atoms with Crippen LogP contribution in [0.4, 0.5) is 5.69 Å². The van der Waals surface area contributed by atoms with Crippen molar-refractivity contribution in [2.24, 2.45) is 0 Å². The van der Waals surface area contributed by atoms with Gasteiger partial charge in [0.05, 0.1) is 19.8 Å². The Hall–Kier alpha value is -1.59. The molecule has 1 aromatic carbocycles. The summed E-state index contributed by atoms with van der Waals surface area (Å²) in [4.78, 5) is 14.3. The summed E-state index contributed by atoms with van der Waals surface area (Å²) in [6.45, 7) is 7.18. The Bertz CT molecular complexity index is 523. The van der Waals surface area contributed by atoms with Crippen LogP contribution in [0.25, 0.3) is 0 Å². The Morgan fingerprint density at radius 3 is 2.36 bits per heavy atom. The van der Waals surface area contributed by atoms with E-state index in [1.54, 1.807) is 0 Å². The standard InChI is InChI=1S/C17H24N2O3/c1-13-4-3-5-14(2)16(13)18-12-15(20)19-8-6-17(7-9-19)21-10-11-22-17/h3-5,18H,6-12H2,1-2H3. The van der Waals surface area contributed by atoms with Crippen LogP contribution in [0.3, 0.4) is 0 Å². The maximum Gasteiger partial charge on any atom is 0.241 e. The number of hydrogen-bond acceptors (Lipinski definition) is 4. The van der Waals surface area contributed by atoms with Crippen LogP contribution in [0.2, 0.25) is 0 Å². The van der Waals surface area contributed by atoms with E-state index in [1.807, 2.05) is 11.0 Å². The van der Waals surface area contributed by atoms with Gasteiger partial charge in [-0.25, -0.2) is 0 Å². The molecule has 1 spiro atoms. The SMILES string of the molecule is Cc1cccc(C)c1NCC(=O)N1CCC2(CC1)OCCO2. The molecule has 120 valence electrons. The first-order valence-corrected chi connectivity index (χ1v) is 7.95. The Morgan fingerprint density at radius 2 is 1.77 bits per heavy atom. The van der Waals surface area contributed by atoms with Gasteiger partial charge in [0.15, 0.2) is 5.79 Å². The van der Waals surface area contributed by atoms with E-state index in [1.165, 1.54) is 0 Å². The molecule has 2 heterocycles. The third-order valence-electron chi connectivity index (χ3n) is 4.59. The highest BCUT2D eigenvalue weighted by atomic mass is 16.7. The van der Waals surface area contributed by atoms with Gasteiger partial charge in [-0.1, -0.05) is 18.2 Å². The first-order valence-electron chi connectivity index (χ1n) is 7.95. The molecule has 3 rings (SSSR count). The van der Waals surface area contributed by atoms with Crippen molar-refractivity contribution in [2.45, 2.75) is 32.5 Å². The lowest BCUT2D eigenvalue weighted by molar-refractivity contribution is -0.187. The lowest BCUT2D eigenvalue weighted by Crippen LogP contribution is -2.48. The number of hydrogen-bond donors (Lipinski definition) is 1. The Labute approximate surface area is 131 Å². The number of benzene rings is 1. The van der Waals surface area contributed by atoms with Crippen LogP contribution in [0.1, 0.15) is 24.0 Å². The van der Waals surface area contributed by atoms with Crippen LogP contribution in [0.15, 0.2) is 18.2 Å². The highest BCUT2D eigenvalue weighted by molar-refractivity contribution is 5.81. The third-order valence-corrected chi connectivity index (χ3v) is 4.59. The molecule has 5 heteroatoms. The minimum Gasteiger partial charge on any atom is -0.376 e. The largest absolute Gasteiger partial charge is 0.376 e. The highest BCUT2D eigenvalue weighted by Gasteiger charge is 2.40. The van der Waals surface area contributed by atoms with Crippen LogP contribution in [-0.2, 0) is 14.3 Å². The number of anilines is 1. The van der Waals surface area contributed by atoms with Gasteiger partial charge >= 0.3 is 0 Å². The number of nitrogens with zero attached hydrogens (tertiary/aromatic N) is 1. The van der Waals surface area contributed by atoms with Gasteiger partial charge in [0.2, 0.25) is 5.91 Å². The van der Waals surface area contributed by atoms with E-state index >= 15 is 0 Å². The molecule has 2 aliphatic heterocycles. The van der Waals surface area contributed by atoms with Gasteiger partial charge in [0.1, 0.15) is 0 Å². The second-order valence-electron chi connectivity index (χ2n) is 6.11. The molecule has 1 N–H and O–H groups in total. The Balaban J connectivity index is 1.53. The number of carbonyl (C=O) groups excluding carboxylic acids is 1. The fourth-order valence-electron chi connectivity index (χ4n) is 3.25. The molecule has 22 heavy (non-hydrogen) atoms. The van der Waals surface area contributed by atoms with Gasteiger partial charge < -0.3 is 19.7 Å². The molecule has 0 saturated carbocycles. The molecule has 0 atom stereocenters. The van der Waals surface area contributed by atoms with Gasteiger partial charge in [-0.3, -0.25) is 4.79 Å². The van der Waals surface area contributed by atoms with Gasteiger partial charge in [-0.15, -0.1) is 0 Å². The number of carbonyl (C=O) groups is 1. The maximum absolute atomic E-state index is 12.4. The van der Waals surface area contributed by atoms with E-state index in [9.17, 15) is 4.79 Å². The number of likely N-dealkylation sites (tertiary alicyclic amines) is 1. The number of para-hydroxylation sites is 1. The molecule has 0 aliphatic carbocycles. The fourth-order valence-corrected chi connectivity index (χ4v) is 3.25. The molecule has 0 aromatic heterocycles. The quantitative estimate of drug-likeness (QED) is 0.929. The summed E-state index contributed by atoms with van der Waals surface area (Å²) >= 11 is 0. The van der Waals surface area contributed by atoms with Crippen molar-refractivity contribution in [1.82, 2.24) is 4.90 Å². The smallest absolute Gasteiger partial charge is 0.241 e.